The lowest BCUT2D eigenvalue weighted by Crippen LogP contribution is -2.38. The van der Waals surface area contributed by atoms with Gasteiger partial charge in [-0.05, 0) is 36.8 Å². The number of hydrogen-bond donors (Lipinski definition) is 1. The molecule has 0 aromatic carbocycles. The number of hydrogen-bond acceptors (Lipinski definition) is 5. The average molecular weight is 332 g/mol. The highest BCUT2D eigenvalue weighted by Crippen LogP contribution is 2.17. The summed E-state index contributed by atoms with van der Waals surface area (Å²) in [5.74, 6) is 0.0661. The molecule has 7 nitrogen and oxygen atoms in total. The maximum atomic E-state index is 12.4. The van der Waals surface area contributed by atoms with E-state index in [9.17, 15) is 13.2 Å². The normalized spacial score (nSPS) is 20.1. The highest BCUT2D eigenvalue weighted by atomic mass is 32.2. The maximum absolute atomic E-state index is 12.4. The highest BCUT2D eigenvalue weighted by Gasteiger charge is 2.25. The SMILES string of the molecule is CC(NC(=O)C1=CN2CCS(=O)(=O)N=C2C=C1)c1ccncc1. The molecule has 0 radical (unpaired) electrons. The van der Waals surface area contributed by atoms with Gasteiger partial charge in [-0.1, -0.05) is 0 Å². The molecule has 0 saturated carbocycles. The highest BCUT2D eigenvalue weighted by molar-refractivity contribution is 7.90. The van der Waals surface area contributed by atoms with Crippen molar-refractivity contribution in [3.8, 4) is 0 Å². The fourth-order valence-corrected chi connectivity index (χ4v) is 3.32. The van der Waals surface area contributed by atoms with Crippen molar-refractivity contribution in [3.63, 3.8) is 0 Å². The van der Waals surface area contributed by atoms with E-state index in [1.165, 1.54) is 0 Å². The van der Waals surface area contributed by atoms with Crippen molar-refractivity contribution in [3.05, 3.63) is 54.0 Å². The summed E-state index contributed by atoms with van der Waals surface area (Å²) in [5.41, 5.74) is 1.42. The Kier molecular flexibility index (Phi) is 3.99. The van der Waals surface area contributed by atoms with Crippen molar-refractivity contribution >= 4 is 21.8 Å². The van der Waals surface area contributed by atoms with Crippen LogP contribution in [0.5, 0.6) is 0 Å². The van der Waals surface area contributed by atoms with E-state index in [2.05, 4.69) is 14.7 Å². The maximum Gasteiger partial charge on any atom is 0.256 e. The van der Waals surface area contributed by atoms with Crippen molar-refractivity contribution in [2.24, 2.45) is 4.40 Å². The summed E-state index contributed by atoms with van der Waals surface area (Å²) in [6, 6.07) is 3.53. The van der Waals surface area contributed by atoms with Crippen molar-refractivity contribution in [1.29, 1.82) is 0 Å². The van der Waals surface area contributed by atoms with E-state index in [4.69, 9.17) is 0 Å². The van der Waals surface area contributed by atoms with E-state index in [0.717, 1.165) is 5.56 Å². The summed E-state index contributed by atoms with van der Waals surface area (Å²) in [6.07, 6.45) is 8.10. The van der Waals surface area contributed by atoms with Crippen LogP contribution in [0.2, 0.25) is 0 Å². The molecule has 3 heterocycles. The van der Waals surface area contributed by atoms with Gasteiger partial charge in [0.05, 0.1) is 17.4 Å². The Morgan fingerprint density at radius 1 is 1.30 bits per heavy atom. The minimum absolute atomic E-state index is 0.0524. The van der Waals surface area contributed by atoms with Gasteiger partial charge < -0.3 is 10.2 Å². The van der Waals surface area contributed by atoms with E-state index in [0.29, 0.717) is 18.0 Å². The van der Waals surface area contributed by atoms with Crippen LogP contribution in [0, 0.1) is 0 Å². The minimum Gasteiger partial charge on any atom is -0.345 e. The summed E-state index contributed by atoms with van der Waals surface area (Å²) >= 11 is 0. The summed E-state index contributed by atoms with van der Waals surface area (Å²) in [6.45, 7) is 2.18. The number of amidine groups is 1. The Hall–Kier alpha value is -2.48. The Balaban J connectivity index is 1.73. The van der Waals surface area contributed by atoms with Crippen molar-refractivity contribution in [1.82, 2.24) is 15.2 Å². The predicted octanol–water partition coefficient (Wildman–Crippen LogP) is 0.756. The molecule has 0 bridgehead atoms. The van der Waals surface area contributed by atoms with Crippen molar-refractivity contribution < 1.29 is 13.2 Å². The van der Waals surface area contributed by atoms with Gasteiger partial charge in [-0.25, -0.2) is 8.42 Å². The fraction of sp³-hybridized carbons (Fsp3) is 0.267. The van der Waals surface area contributed by atoms with Crippen LogP contribution in [0.1, 0.15) is 18.5 Å². The van der Waals surface area contributed by atoms with Crippen LogP contribution >= 0.6 is 0 Å². The molecular formula is C15H16N4O3S. The standard InChI is InChI=1S/C15H16N4O3S/c1-11(12-4-6-16-7-5-12)17-15(20)13-2-3-14-18-23(21,22)9-8-19(14)10-13/h2-7,10-11H,8-9H2,1H3,(H,17,20). The Labute approximate surface area is 134 Å². The number of carbonyl (C=O) groups excluding carboxylic acids is 1. The largest absolute Gasteiger partial charge is 0.345 e. The molecule has 1 atom stereocenters. The van der Waals surface area contributed by atoms with Gasteiger partial charge in [-0.3, -0.25) is 9.78 Å². The molecule has 0 aliphatic carbocycles. The summed E-state index contributed by atoms with van der Waals surface area (Å²) in [5, 5.41) is 2.91. The van der Waals surface area contributed by atoms with Gasteiger partial charge in [0.25, 0.3) is 15.9 Å². The first-order chi connectivity index (χ1) is 10.9. The summed E-state index contributed by atoms with van der Waals surface area (Å²) in [4.78, 5) is 18.0. The number of nitrogens with zero attached hydrogens (tertiary/aromatic N) is 3. The zero-order valence-corrected chi connectivity index (χ0v) is 13.3. The molecule has 1 N–H and O–H groups in total. The van der Waals surface area contributed by atoms with E-state index >= 15 is 0 Å². The number of aromatic nitrogens is 1. The number of fused-ring (bicyclic) bond motifs is 1. The molecule has 2 aliphatic heterocycles. The molecule has 1 unspecified atom stereocenters. The second-order valence-electron chi connectivity index (χ2n) is 5.32. The smallest absolute Gasteiger partial charge is 0.256 e. The molecule has 1 aromatic heterocycles. The van der Waals surface area contributed by atoms with E-state index in [1.54, 1.807) is 35.6 Å². The van der Waals surface area contributed by atoms with Crippen molar-refractivity contribution in [2.75, 3.05) is 12.3 Å². The van der Waals surface area contributed by atoms with Gasteiger partial charge in [0, 0.05) is 25.1 Å². The van der Waals surface area contributed by atoms with Crippen LogP contribution < -0.4 is 5.32 Å². The lowest BCUT2D eigenvalue weighted by Gasteiger charge is -2.27. The molecule has 1 aromatic rings. The summed E-state index contributed by atoms with van der Waals surface area (Å²) in [7, 11) is -3.39. The first kappa shape index (κ1) is 15.4. The van der Waals surface area contributed by atoms with Gasteiger partial charge in [0.2, 0.25) is 0 Å². The first-order valence-corrected chi connectivity index (χ1v) is 8.75. The van der Waals surface area contributed by atoms with Crippen LogP contribution in [0.4, 0.5) is 0 Å². The molecule has 1 amide bonds. The molecule has 23 heavy (non-hydrogen) atoms. The van der Waals surface area contributed by atoms with Crippen LogP contribution in [-0.4, -0.2) is 42.3 Å². The molecular weight excluding hydrogens is 316 g/mol. The van der Waals surface area contributed by atoms with E-state index in [1.807, 2.05) is 19.1 Å². The molecule has 0 fully saturated rings. The van der Waals surface area contributed by atoms with Gasteiger partial charge in [-0.15, -0.1) is 4.40 Å². The lowest BCUT2D eigenvalue weighted by atomic mass is 10.1. The second-order valence-corrected chi connectivity index (χ2v) is 7.08. The monoisotopic (exact) mass is 332 g/mol. The number of pyridine rings is 1. The van der Waals surface area contributed by atoms with Gasteiger partial charge in [0.15, 0.2) is 0 Å². The summed E-state index contributed by atoms with van der Waals surface area (Å²) < 4.78 is 26.6. The van der Waals surface area contributed by atoms with Crippen molar-refractivity contribution in [2.45, 2.75) is 13.0 Å². The third kappa shape index (κ3) is 3.48. The minimum atomic E-state index is -3.39. The zero-order chi connectivity index (χ0) is 16.4. The van der Waals surface area contributed by atoms with Gasteiger partial charge in [-0.2, -0.15) is 0 Å². The van der Waals surface area contributed by atoms with Crippen LogP contribution in [0.3, 0.4) is 0 Å². The zero-order valence-electron chi connectivity index (χ0n) is 12.5. The quantitative estimate of drug-likeness (QED) is 0.882. The number of carbonyl (C=O) groups is 1. The topological polar surface area (TPSA) is 91.7 Å². The van der Waals surface area contributed by atoms with Crippen LogP contribution in [0.15, 0.2) is 52.8 Å². The number of rotatable bonds is 3. The third-order valence-electron chi connectivity index (χ3n) is 3.64. The first-order valence-electron chi connectivity index (χ1n) is 7.14. The van der Waals surface area contributed by atoms with E-state index in [-0.39, 0.29) is 17.7 Å². The molecule has 2 aliphatic rings. The van der Waals surface area contributed by atoms with E-state index < -0.39 is 10.0 Å². The number of sulfonamides is 1. The van der Waals surface area contributed by atoms with Gasteiger partial charge >= 0.3 is 0 Å². The molecule has 3 rings (SSSR count). The third-order valence-corrected chi connectivity index (χ3v) is 4.80. The van der Waals surface area contributed by atoms with Crippen LogP contribution in [0.25, 0.3) is 0 Å². The fourth-order valence-electron chi connectivity index (χ4n) is 2.35. The molecule has 120 valence electrons. The molecule has 8 heteroatoms. The Morgan fingerprint density at radius 2 is 2.04 bits per heavy atom. The molecule has 0 spiro atoms. The Bertz CT molecular complexity index is 812. The predicted molar refractivity (Wildman–Crippen MR) is 85.9 cm³/mol. The number of nitrogens with one attached hydrogen (secondary N) is 1. The average Bonchev–Trinajstić information content (AvgIpc) is 2.54. The van der Waals surface area contributed by atoms with Crippen LogP contribution in [-0.2, 0) is 14.8 Å². The van der Waals surface area contributed by atoms with Gasteiger partial charge in [0.1, 0.15) is 5.84 Å². The number of amides is 1. The molecule has 0 saturated heterocycles. The second kappa shape index (κ2) is 5.96. The Morgan fingerprint density at radius 3 is 2.78 bits per heavy atom. The lowest BCUT2D eigenvalue weighted by molar-refractivity contribution is -0.117.